The van der Waals surface area contributed by atoms with Crippen LogP contribution in [-0.4, -0.2) is 49.3 Å². The van der Waals surface area contributed by atoms with Gasteiger partial charge in [-0.05, 0) is 19.1 Å². The van der Waals surface area contributed by atoms with E-state index in [0.29, 0.717) is 11.2 Å². The Morgan fingerprint density at radius 2 is 2.33 bits per heavy atom. The summed E-state index contributed by atoms with van der Waals surface area (Å²) < 4.78 is 21.4. The summed E-state index contributed by atoms with van der Waals surface area (Å²) in [5, 5.41) is 23.4. The van der Waals surface area contributed by atoms with Crippen LogP contribution in [0.5, 0.6) is 0 Å². The average Bonchev–Trinajstić information content (AvgIpc) is 3.02. The normalized spacial score (nSPS) is 32.4. The molecule has 0 bridgehead atoms. The van der Waals surface area contributed by atoms with Crippen molar-refractivity contribution in [2.45, 2.75) is 30.9 Å². The fourth-order valence-electron chi connectivity index (χ4n) is 2.60. The molecule has 1 aliphatic rings. The molecule has 0 spiro atoms. The standard InChI is InChI=1S/C14H14FN3O3/c1-3-14(6-19)13(20)11(15)12(21-14)10-5-4-9-8(2)16-7-17-18(9)10/h1,4-5,7,11-13,19-20H,6H2,2H3/t11-,12-,13-,14+/m0/s1. The van der Waals surface area contributed by atoms with Crippen LogP contribution in [0.1, 0.15) is 17.5 Å². The molecule has 3 heterocycles. The number of aliphatic hydroxyl groups is 2. The molecule has 0 aliphatic carbocycles. The van der Waals surface area contributed by atoms with Crippen LogP contribution in [0.25, 0.3) is 5.52 Å². The van der Waals surface area contributed by atoms with Crippen molar-refractivity contribution < 1.29 is 19.3 Å². The van der Waals surface area contributed by atoms with Crippen LogP contribution >= 0.6 is 0 Å². The smallest absolute Gasteiger partial charge is 0.180 e. The summed E-state index contributed by atoms with van der Waals surface area (Å²) in [6, 6.07) is 3.38. The number of hydrogen-bond acceptors (Lipinski definition) is 5. The Hall–Kier alpha value is -2.01. The van der Waals surface area contributed by atoms with Gasteiger partial charge < -0.3 is 14.9 Å². The van der Waals surface area contributed by atoms with Crippen LogP contribution in [-0.2, 0) is 4.74 Å². The highest BCUT2D eigenvalue weighted by molar-refractivity contribution is 5.52. The van der Waals surface area contributed by atoms with Gasteiger partial charge in [-0.3, -0.25) is 0 Å². The second-order valence-electron chi connectivity index (χ2n) is 5.02. The first kappa shape index (κ1) is 13.9. The molecule has 110 valence electrons. The molecule has 0 radical (unpaired) electrons. The number of aromatic nitrogens is 3. The van der Waals surface area contributed by atoms with E-state index in [1.807, 2.05) is 0 Å². The van der Waals surface area contributed by atoms with Crippen molar-refractivity contribution in [3.63, 3.8) is 0 Å². The molecule has 1 aliphatic heterocycles. The topological polar surface area (TPSA) is 79.9 Å². The molecule has 6 nitrogen and oxygen atoms in total. The number of rotatable bonds is 2. The van der Waals surface area contributed by atoms with Gasteiger partial charge in [0.1, 0.15) is 18.5 Å². The summed E-state index contributed by atoms with van der Waals surface area (Å²) in [7, 11) is 0. The summed E-state index contributed by atoms with van der Waals surface area (Å²) in [4.78, 5) is 4.05. The van der Waals surface area contributed by atoms with Gasteiger partial charge >= 0.3 is 0 Å². The van der Waals surface area contributed by atoms with Crippen molar-refractivity contribution in [1.82, 2.24) is 14.6 Å². The third-order valence-corrected chi connectivity index (χ3v) is 3.85. The Balaban J connectivity index is 2.08. The zero-order valence-electron chi connectivity index (χ0n) is 11.3. The second kappa shape index (κ2) is 4.77. The summed E-state index contributed by atoms with van der Waals surface area (Å²) in [6.45, 7) is 1.14. The van der Waals surface area contributed by atoms with E-state index < -0.39 is 30.6 Å². The fraction of sp³-hybridized carbons (Fsp3) is 0.429. The Kier molecular flexibility index (Phi) is 3.17. The lowest BCUT2D eigenvalue weighted by molar-refractivity contribution is -0.0732. The van der Waals surface area contributed by atoms with E-state index in [1.165, 1.54) is 10.8 Å². The SMILES string of the molecule is C#C[C@]1(CO)O[C@@H](c2ccc3c(C)ncnn23)[C@H](F)[C@@H]1O. The van der Waals surface area contributed by atoms with E-state index >= 15 is 0 Å². The van der Waals surface area contributed by atoms with Crippen LogP contribution in [0.15, 0.2) is 18.5 Å². The molecule has 4 atom stereocenters. The lowest BCUT2D eigenvalue weighted by Gasteiger charge is -2.23. The molecule has 0 aromatic carbocycles. The zero-order valence-corrected chi connectivity index (χ0v) is 11.3. The van der Waals surface area contributed by atoms with Crippen molar-refractivity contribution in [1.29, 1.82) is 0 Å². The molecule has 0 saturated carbocycles. The Morgan fingerprint density at radius 3 is 2.95 bits per heavy atom. The molecule has 2 aromatic heterocycles. The van der Waals surface area contributed by atoms with Gasteiger partial charge in [0.15, 0.2) is 11.8 Å². The molecule has 1 saturated heterocycles. The summed E-state index contributed by atoms with van der Waals surface area (Å²) in [5.41, 5.74) is 0.110. The number of aryl methyl sites for hydroxylation is 1. The van der Waals surface area contributed by atoms with Crippen molar-refractivity contribution in [3.05, 3.63) is 29.8 Å². The van der Waals surface area contributed by atoms with E-state index in [1.54, 1.807) is 19.1 Å². The third-order valence-electron chi connectivity index (χ3n) is 3.85. The van der Waals surface area contributed by atoms with Gasteiger partial charge in [-0.2, -0.15) is 5.10 Å². The predicted octanol–water partition coefficient (Wildman–Crippen LogP) is 0.172. The van der Waals surface area contributed by atoms with Crippen molar-refractivity contribution in [3.8, 4) is 12.3 Å². The van der Waals surface area contributed by atoms with Gasteiger partial charge in [-0.1, -0.05) is 5.92 Å². The fourth-order valence-corrected chi connectivity index (χ4v) is 2.60. The summed E-state index contributed by atoms with van der Waals surface area (Å²) in [6.07, 6.45) is 2.16. The van der Waals surface area contributed by atoms with Gasteiger partial charge in [0.05, 0.1) is 23.5 Å². The molecule has 2 aromatic rings. The molecule has 7 heteroatoms. The minimum atomic E-state index is -1.76. The van der Waals surface area contributed by atoms with Crippen LogP contribution < -0.4 is 0 Å². The number of hydrogen-bond donors (Lipinski definition) is 2. The molecule has 1 fully saturated rings. The minimum absolute atomic E-state index is 0.410. The van der Waals surface area contributed by atoms with Gasteiger partial charge in [-0.15, -0.1) is 6.42 Å². The van der Waals surface area contributed by atoms with E-state index in [2.05, 4.69) is 16.0 Å². The first-order chi connectivity index (χ1) is 10.0. The lowest BCUT2D eigenvalue weighted by Crippen LogP contribution is -2.44. The van der Waals surface area contributed by atoms with Gasteiger partial charge in [-0.25, -0.2) is 13.9 Å². The van der Waals surface area contributed by atoms with E-state index in [4.69, 9.17) is 11.2 Å². The molecule has 0 unspecified atom stereocenters. The molecule has 3 rings (SSSR count). The Labute approximate surface area is 120 Å². The molecule has 21 heavy (non-hydrogen) atoms. The van der Waals surface area contributed by atoms with Crippen molar-refractivity contribution >= 4 is 5.52 Å². The second-order valence-corrected chi connectivity index (χ2v) is 5.02. The number of nitrogens with zero attached hydrogens (tertiary/aromatic N) is 3. The van der Waals surface area contributed by atoms with Crippen LogP contribution in [0.2, 0.25) is 0 Å². The zero-order chi connectivity index (χ0) is 15.2. The highest BCUT2D eigenvalue weighted by Gasteiger charge is 2.55. The maximum Gasteiger partial charge on any atom is 0.180 e. The van der Waals surface area contributed by atoms with Crippen LogP contribution in [0.3, 0.4) is 0 Å². The molecule has 2 N–H and O–H groups in total. The number of ether oxygens (including phenoxy) is 1. The van der Waals surface area contributed by atoms with Crippen LogP contribution in [0.4, 0.5) is 4.39 Å². The van der Waals surface area contributed by atoms with Crippen LogP contribution in [0, 0.1) is 19.3 Å². The van der Waals surface area contributed by atoms with E-state index in [-0.39, 0.29) is 0 Å². The molecular formula is C14H14FN3O3. The first-order valence-corrected chi connectivity index (χ1v) is 6.42. The average molecular weight is 291 g/mol. The largest absolute Gasteiger partial charge is 0.392 e. The summed E-state index contributed by atoms with van der Waals surface area (Å²) in [5.74, 6) is 2.15. The highest BCUT2D eigenvalue weighted by Crippen LogP contribution is 2.41. The minimum Gasteiger partial charge on any atom is -0.392 e. The predicted molar refractivity (Wildman–Crippen MR) is 71.1 cm³/mol. The third kappa shape index (κ3) is 1.84. The quantitative estimate of drug-likeness (QED) is 0.771. The maximum atomic E-state index is 14.4. The number of terminal acetylenes is 1. The Morgan fingerprint density at radius 1 is 1.57 bits per heavy atom. The highest BCUT2D eigenvalue weighted by atomic mass is 19.1. The van der Waals surface area contributed by atoms with E-state index in [9.17, 15) is 14.6 Å². The molecular weight excluding hydrogens is 277 g/mol. The van der Waals surface area contributed by atoms with Gasteiger partial charge in [0.25, 0.3) is 0 Å². The van der Waals surface area contributed by atoms with Crippen molar-refractivity contribution in [2.75, 3.05) is 6.61 Å². The van der Waals surface area contributed by atoms with E-state index in [0.717, 1.165) is 5.69 Å². The molecule has 0 amide bonds. The van der Waals surface area contributed by atoms with Crippen molar-refractivity contribution in [2.24, 2.45) is 0 Å². The first-order valence-electron chi connectivity index (χ1n) is 6.42. The monoisotopic (exact) mass is 291 g/mol. The number of aliphatic hydroxyl groups excluding tert-OH is 2. The lowest BCUT2D eigenvalue weighted by atomic mass is 9.96. The maximum absolute atomic E-state index is 14.4. The Bertz CT molecular complexity index is 726. The van der Waals surface area contributed by atoms with Gasteiger partial charge in [0, 0.05) is 0 Å². The number of alkyl halides is 1. The van der Waals surface area contributed by atoms with Gasteiger partial charge in [0.2, 0.25) is 0 Å². The number of fused-ring (bicyclic) bond motifs is 1. The number of halogens is 1. The summed E-state index contributed by atoms with van der Waals surface area (Å²) >= 11 is 0.